The van der Waals surface area contributed by atoms with E-state index in [-0.39, 0.29) is 132 Å². The van der Waals surface area contributed by atoms with Gasteiger partial charge in [0.25, 0.3) is 40.1 Å². The minimum absolute atomic E-state index is 0.00646. The highest BCUT2D eigenvalue weighted by Crippen LogP contribution is 2.40. The van der Waals surface area contributed by atoms with Crippen molar-refractivity contribution in [3.63, 3.8) is 0 Å². The number of aromatic amines is 2. The normalized spacial score (nSPS) is 12.0. The topological polar surface area (TPSA) is 389 Å². The summed E-state index contributed by atoms with van der Waals surface area (Å²) in [5.41, 5.74) is 2.75. The fourth-order valence-electron chi connectivity index (χ4n) is 9.69. The molecule has 0 amide bonds. The van der Waals surface area contributed by atoms with E-state index in [0.29, 0.717) is 22.3 Å². The first-order chi connectivity index (χ1) is 42.3. The molecular weight excluding hydrogens is 1200 g/mol. The number of rotatable bonds is 12. The number of nitriles is 4. The zero-order valence-corrected chi connectivity index (χ0v) is 47.8. The molecule has 0 fully saturated rings. The van der Waals surface area contributed by atoms with E-state index in [9.17, 15) is 54.7 Å². The number of sulfonamides is 4. The van der Waals surface area contributed by atoms with Gasteiger partial charge < -0.3 is 9.97 Å². The van der Waals surface area contributed by atoms with Crippen LogP contribution in [0.4, 0.5) is 22.7 Å². The molecule has 2 aliphatic heterocycles. The number of hydrogen-bond donors (Lipinski definition) is 6. The Kier molecular flexibility index (Phi) is 13.2. The summed E-state index contributed by atoms with van der Waals surface area (Å²) in [7, 11) is -17.4. The molecule has 8 aromatic carbocycles. The van der Waals surface area contributed by atoms with Gasteiger partial charge in [-0.25, -0.2) is 63.6 Å². The lowest BCUT2D eigenvalue weighted by molar-refractivity contribution is 0.599. The Labute approximate surface area is 499 Å². The van der Waals surface area contributed by atoms with Gasteiger partial charge in [0.05, 0.1) is 66.1 Å². The van der Waals surface area contributed by atoms with E-state index in [1.165, 1.54) is 170 Å². The van der Waals surface area contributed by atoms with Crippen molar-refractivity contribution in [3.8, 4) is 69.8 Å². The standard InChI is InChI=1S/C60H34N16O8S4/c61-29-33-1-9-37(10-2-33)73-85(77,78)41-17-21-45-49(25-41)57-65-53(45)70-58-51-27-43(87(81,82)75-39-13-5-35(31-63)6-14-39)19-23-47(51)55(67-58)72-60-52-28-44(88(83,84)76-40-15-7-36(32-64)8-16-40)20-24-48(52)56(68-60)71-59-50-26-42(18-22-46(50)54(66-59)69-57)86(79,80)74-38-11-3-34(30-62)4-12-38/h1-28,73-76H,(H2,65,66,67,68,69,70,71,72). The molecular formula is C60H34N16O8S4. The molecule has 426 valence electrons. The largest absolute Gasteiger partial charge is 0.324 e. The number of nitrogens with zero attached hydrogens (tertiary/aromatic N) is 10. The first-order valence-corrected chi connectivity index (χ1v) is 31.7. The molecule has 0 saturated carbocycles. The van der Waals surface area contributed by atoms with Crippen LogP contribution in [0.1, 0.15) is 22.3 Å². The third-order valence-corrected chi connectivity index (χ3v) is 19.5. The van der Waals surface area contributed by atoms with Crippen molar-refractivity contribution >= 4 is 107 Å². The number of benzene rings is 8. The molecule has 0 radical (unpaired) electrons. The quantitative estimate of drug-likeness (QED) is 0.0662. The van der Waals surface area contributed by atoms with Crippen LogP contribution in [0, 0.1) is 45.3 Å². The summed E-state index contributed by atoms with van der Waals surface area (Å²) in [5.74, 6) is -0.280. The average Bonchev–Trinajstić information content (AvgIpc) is 1.71. The van der Waals surface area contributed by atoms with Gasteiger partial charge in [0.15, 0.2) is 23.3 Å². The summed E-state index contributed by atoms with van der Waals surface area (Å²) in [5, 5.41) is 38.3. The van der Waals surface area contributed by atoms with Crippen LogP contribution in [-0.4, -0.2) is 73.5 Å². The van der Waals surface area contributed by atoms with Crippen LogP contribution >= 0.6 is 0 Å². The molecule has 3 aromatic heterocycles. The van der Waals surface area contributed by atoms with E-state index in [4.69, 9.17) is 29.9 Å². The van der Waals surface area contributed by atoms with Gasteiger partial charge in [0, 0.05) is 66.5 Å². The van der Waals surface area contributed by atoms with Gasteiger partial charge in [-0.05, 0) is 170 Å². The average molecular weight is 1240 g/mol. The predicted molar refractivity (Wildman–Crippen MR) is 324 cm³/mol. The molecule has 24 nitrogen and oxygen atoms in total. The third-order valence-electron chi connectivity index (χ3n) is 14.0. The molecule has 0 saturated heterocycles. The molecule has 0 atom stereocenters. The van der Waals surface area contributed by atoms with Gasteiger partial charge in [0.2, 0.25) is 0 Å². The summed E-state index contributed by atoms with van der Waals surface area (Å²) in [6.45, 7) is 0. The maximum absolute atomic E-state index is 14.2. The molecule has 5 heterocycles. The zero-order valence-electron chi connectivity index (χ0n) is 44.5. The van der Waals surface area contributed by atoms with Crippen molar-refractivity contribution in [2.75, 3.05) is 18.9 Å². The van der Waals surface area contributed by atoms with Gasteiger partial charge in [-0.2, -0.15) is 21.0 Å². The summed E-state index contributed by atoms with van der Waals surface area (Å²) in [6, 6.07) is 47.5. The highest BCUT2D eigenvalue weighted by atomic mass is 32.2. The lowest BCUT2D eigenvalue weighted by Gasteiger charge is -2.09. The summed E-state index contributed by atoms with van der Waals surface area (Å²) in [6.07, 6.45) is 0. The van der Waals surface area contributed by atoms with Gasteiger partial charge in [-0.15, -0.1) is 0 Å². The number of nitrogens with one attached hydrogen (secondary N) is 6. The van der Waals surface area contributed by atoms with E-state index < -0.39 is 40.1 Å². The first-order valence-electron chi connectivity index (χ1n) is 25.8. The predicted octanol–water partition coefficient (Wildman–Crippen LogP) is 9.56. The van der Waals surface area contributed by atoms with Crippen LogP contribution in [0.25, 0.3) is 89.7 Å². The van der Waals surface area contributed by atoms with Crippen LogP contribution < -0.4 is 18.9 Å². The Morgan fingerprint density at radius 2 is 0.534 bits per heavy atom. The number of anilines is 4. The van der Waals surface area contributed by atoms with E-state index in [1.807, 2.05) is 24.3 Å². The number of aromatic nitrogens is 8. The van der Waals surface area contributed by atoms with Crippen molar-refractivity contribution in [3.05, 3.63) is 192 Å². The van der Waals surface area contributed by atoms with E-state index in [0.717, 1.165) is 0 Å². The molecule has 88 heavy (non-hydrogen) atoms. The summed E-state index contributed by atoms with van der Waals surface area (Å²) >= 11 is 0. The minimum Gasteiger partial charge on any atom is -0.324 e. The van der Waals surface area contributed by atoms with Crippen LogP contribution in [0.2, 0.25) is 0 Å². The minimum atomic E-state index is -4.36. The van der Waals surface area contributed by atoms with Crippen molar-refractivity contribution in [1.82, 2.24) is 39.9 Å². The monoisotopic (exact) mass is 1230 g/mol. The van der Waals surface area contributed by atoms with Crippen LogP contribution in [-0.2, 0) is 40.1 Å². The fraction of sp³-hybridized carbons (Fsp3) is 0. The molecule has 6 N–H and O–H groups in total. The van der Waals surface area contributed by atoms with E-state index >= 15 is 0 Å². The Bertz CT molecular complexity index is 5330. The Morgan fingerprint density at radius 1 is 0.284 bits per heavy atom. The number of hydrogen-bond acceptors (Lipinski definition) is 18. The second-order valence-corrected chi connectivity index (χ2v) is 26.3. The van der Waals surface area contributed by atoms with Crippen LogP contribution in [0.3, 0.4) is 0 Å². The molecule has 0 spiro atoms. The molecule has 8 bridgehead atoms. The van der Waals surface area contributed by atoms with Gasteiger partial charge in [-0.3, -0.25) is 18.9 Å². The molecule has 2 aliphatic rings. The molecule has 0 aliphatic carbocycles. The van der Waals surface area contributed by atoms with Gasteiger partial charge in [-0.1, -0.05) is 0 Å². The second-order valence-electron chi connectivity index (χ2n) is 19.6. The van der Waals surface area contributed by atoms with Gasteiger partial charge >= 0.3 is 0 Å². The maximum atomic E-state index is 14.2. The lowest BCUT2D eigenvalue weighted by atomic mass is 10.1. The van der Waals surface area contributed by atoms with Crippen molar-refractivity contribution < 1.29 is 33.7 Å². The highest BCUT2D eigenvalue weighted by molar-refractivity contribution is 7.93. The number of H-pyrrole nitrogens is 2. The van der Waals surface area contributed by atoms with Crippen molar-refractivity contribution in [2.45, 2.75) is 19.6 Å². The van der Waals surface area contributed by atoms with E-state index in [1.54, 1.807) is 0 Å². The number of fused-ring (bicyclic) bond motifs is 20. The maximum Gasteiger partial charge on any atom is 0.261 e. The van der Waals surface area contributed by atoms with E-state index in [2.05, 4.69) is 28.9 Å². The smallest absolute Gasteiger partial charge is 0.261 e. The lowest BCUT2D eigenvalue weighted by Crippen LogP contribution is -2.13. The summed E-state index contributed by atoms with van der Waals surface area (Å²) < 4.78 is 123. The molecule has 0 unspecified atom stereocenters. The summed E-state index contributed by atoms with van der Waals surface area (Å²) in [4.78, 5) is 35.0. The van der Waals surface area contributed by atoms with Gasteiger partial charge in [0.1, 0.15) is 22.6 Å². The third kappa shape index (κ3) is 10.3. The Hall–Kier alpha value is -11.9. The Balaban J connectivity index is 1.06. The Morgan fingerprint density at radius 3 is 0.818 bits per heavy atom. The SMILES string of the molecule is N#Cc1ccc(NS(=O)(=O)c2ccc3c(c2)-c2nc-3nc3[nH]c(nc4nc(nc5[nH]c(n2)c2ccc(S(=O)(=O)Nc6ccc(C#N)cc6)cc52)-c2ccc(S(=O)(=O)Nc5ccc(C#N)cc5)cc2-4)c2ccc(S(=O)(=O)Nc4ccc(C#N)cc4)cc32)cc1. The second kappa shape index (κ2) is 21.0. The molecule has 13 rings (SSSR count). The highest BCUT2D eigenvalue weighted by Gasteiger charge is 2.28. The molecule has 11 aromatic rings. The fourth-order valence-corrected chi connectivity index (χ4v) is 14.0. The molecule has 28 heteroatoms. The zero-order chi connectivity index (χ0) is 61.3. The van der Waals surface area contributed by atoms with Crippen molar-refractivity contribution in [1.29, 1.82) is 21.0 Å². The first kappa shape index (κ1) is 55.3. The van der Waals surface area contributed by atoms with Crippen LogP contribution in [0.15, 0.2) is 189 Å². The van der Waals surface area contributed by atoms with Crippen LogP contribution in [0.5, 0.6) is 0 Å². The van der Waals surface area contributed by atoms with Crippen molar-refractivity contribution in [2.24, 2.45) is 0 Å².